The predicted molar refractivity (Wildman–Crippen MR) is 87.6 cm³/mol. The summed E-state index contributed by atoms with van der Waals surface area (Å²) in [5.41, 5.74) is 3.23. The van der Waals surface area contributed by atoms with Crippen LogP contribution in [-0.4, -0.2) is 12.6 Å². The standard InChI is InChI=1S/C19H22O3/c1-13(2)17-10-7-15(4)11-18(17)22-19(20)12-21-16-8-5-14(3)6-9-16/h5-11,13H,12H2,1-4H3. The fourth-order valence-electron chi connectivity index (χ4n) is 2.14. The first-order chi connectivity index (χ1) is 10.5. The van der Waals surface area contributed by atoms with Gasteiger partial charge in [-0.15, -0.1) is 0 Å². The van der Waals surface area contributed by atoms with Crippen LogP contribution in [0.1, 0.15) is 36.5 Å². The molecule has 0 saturated heterocycles. The molecular weight excluding hydrogens is 276 g/mol. The average Bonchev–Trinajstić information content (AvgIpc) is 2.46. The van der Waals surface area contributed by atoms with Crippen molar-refractivity contribution in [1.82, 2.24) is 0 Å². The number of ether oxygens (including phenoxy) is 2. The summed E-state index contributed by atoms with van der Waals surface area (Å²) >= 11 is 0. The highest BCUT2D eigenvalue weighted by atomic mass is 16.6. The number of esters is 1. The molecule has 22 heavy (non-hydrogen) atoms. The van der Waals surface area contributed by atoms with E-state index >= 15 is 0 Å². The Morgan fingerprint density at radius 2 is 1.64 bits per heavy atom. The number of carbonyl (C=O) groups excluding carboxylic acids is 1. The van der Waals surface area contributed by atoms with E-state index in [1.54, 1.807) is 0 Å². The van der Waals surface area contributed by atoms with E-state index < -0.39 is 5.97 Å². The van der Waals surface area contributed by atoms with E-state index in [9.17, 15) is 4.79 Å². The van der Waals surface area contributed by atoms with Crippen LogP contribution in [0.5, 0.6) is 11.5 Å². The van der Waals surface area contributed by atoms with Gasteiger partial charge < -0.3 is 9.47 Å². The van der Waals surface area contributed by atoms with Crippen molar-refractivity contribution in [2.45, 2.75) is 33.6 Å². The zero-order valence-electron chi connectivity index (χ0n) is 13.6. The smallest absolute Gasteiger partial charge is 0.349 e. The highest BCUT2D eigenvalue weighted by Gasteiger charge is 2.12. The number of aryl methyl sites for hydroxylation is 2. The van der Waals surface area contributed by atoms with Crippen molar-refractivity contribution in [3.05, 3.63) is 59.2 Å². The molecule has 0 saturated carbocycles. The second-order valence-electron chi connectivity index (χ2n) is 5.77. The van der Waals surface area contributed by atoms with Crippen LogP contribution in [0.3, 0.4) is 0 Å². The molecule has 2 rings (SSSR count). The molecule has 3 heteroatoms. The first-order valence-electron chi connectivity index (χ1n) is 7.46. The molecule has 0 fully saturated rings. The second-order valence-corrected chi connectivity index (χ2v) is 5.77. The maximum Gasteiger partial charge on any atom is 0.349 e. The van der Waals surface area contributed by atoms with Gasteiger partial charge in [0.15, 0.2) is 6.61 Å². The van der Waals surface area contributed by atoms with Crippen LogP contribution in [0.15, 0.2) is 42.5 Å². The zero-order valence-corrected chi connectivity index (χ0v) is 13.6. The molecule has 0 aliphatic rings. The van der Waals surface area contributed by atoms with E-state index in [-0.39, 0.29) is 6.61 Å². The summed E-state index contributed by atoms with van der Waals surface area (Å²) in [6.07, 6.45) is 0. The van der Waals surface area contributed by atoms with E-state index in [0.29, 0.717) is 17.4 Å². The van der Waals surface area contributed by atoms with E-state index in [4.69, 9.17) is 9.47 Å². The Morgan fingerprint density at radius 3 is 2.27 bits per heavy atom. The summed E-state index contributed by atoms with van der Waals surface area (Å²) in [5.74, 6) is 1.18. The summed E-state index contributed by atoms with van der Waals surface area (Å²) in [5, 5.41) is 0. The van der Waals surface area contributed by atoms with Crippen molar-refractivity contribution in [3.63, 3.8) is 0 Å². The fourth-order valence-corrected chi connectivity index (χ4v) is 2.14. The number of benzene rings is 2. The lowest BCUT2D eigenvalue weighted by Crippen LogP contribution is -2.18. The summed E-state index contributed by atoms with van der Waals surface area (Å²) < 4.78 is 10.9. The van der Waals surface area contributed by atoms with Gasteiger partial charge in [-0.05, 0) is 49.1 Å². The maximum absolute atomic E-state index is 12.0. The molecule has 0 N–H and O–H groups in total. The minimum Gasteiger partial charge on any atom is -0.482 e. The normalized spacial score (nSPS) is 10.6. The van der Waals surface area contributed by atoms with Gasteiger partial charge in [-0.25, -0.2) is 4.79 Å². The minimum absolute atomic E-state index is 0.103. The summed E-state index contributed by atoms with van der Waals surface area (Å²) in [7, 11) is 0. The third-order valence-electron chi connectivity index (χ3n) is 3.39. The van der Waals surface area contributed by atoms with E-state index in [0.717, 1.165) is 16.7 Å². The second kappa shape index (κ2) is 7.12. The monoisotopic (exact) mass is 298 g/mol. The SMILES string of the molecule is Cc1ccc(OCC(=O)Oc2cc(C)ccc2C(C)C)cc1. The van der Waals surface area contributed by atoms with Gasteiger partial charge in [0.05, 0.1) is 0 Å². The zero-order chi connectivity index (χ0) is 16.1. The third-order valence-corrected chi connectivity index (χ3v) is 3.39. The average molecular weight is 298 g/mol. The van der Waals surface area contributed by atoms with Gasteiger partial charge in [-0.2, -0.15) is 0 Å². The molecule has 0 aliphatic heterocycles. The van der Waals surface area contributed by atoms with Gasteiger partial charge in [0.1, 0.15) is 11.5 Å². The lowest BCUT2D eigenvalue weighted by molar-refractivity contribution is -0.136. The van der Waals surface area contributed by atoms with Crippen LogP contribution in [0.25, 0.3) is 0 Å². The molecule has 0 radical (unpaired) electrons. The number of carbonyl (C=O) groups is 1. The molecule has 3 nitrogen and oxygen atoms in total. The van der Waals surface area contributed by atoms with Crippen molar-refractivity contribution in [1.29, 1.82) is 0 Å². The molecule has 0 atom stereocenters. The Balaban J connectivity index is 2.00. The van der Waals surface area contributed by atoms with Gasteiger partial charge >= 0.3 is 5.97 Å². The Morgan fingerprint density at radius 1 is 1.00 bits per heavy atom. The van der Waals surface area contributed by atoms with Crippen molar-refractivity contribution < 1.29 is 14.3 Å². The molecule has 0 bridgehead atoms. The molecule has 0 unspecified atom stereocenters. The van der Waals surface area contributed by atoms with Crippen LogP contribution >= 0.6 is 0 Å². The Kier molecular flexibility index (Phi) is 5.21. The van der Waals surface area contributed by atoms with E-state index in [1.807, 2.05) is 56.3 Å². The molecule has 0 aromatic heterocycles. The van der Waals surface area contributed by atoms with Crippen LogP contribution in [-0.2, 0) is 4.79 Å². The predicted octanol–water partition coefficient (Wildman–Crippen LogP) is 4.41. The van der Waals surface area contributed by atoms with Crippen LogP contribution in [0.4, 0.5) is 0 Å². The van der Waals surface area contributed by atoms with Crippen molar-refractivity contribution >= 4 is 5.97 Å². The largest absolute Gasteiger partial charge is 0.482 e. The van der Waals surface area contributed by atoms with Crippen molar-refractivity contribution in [2.24, 2.45) is 0 Å². The summed E-state index contributed by atoms with van der Waals surface area (Å²) in [4.78, 5) is 12.0. The summed E-state index contributed by atoms with van der Waals surface area (Å²) in [6, 6.07) is 13.5. The Labute approximate surface area is 131 Å². The molecule has 0 heterocycles. The van der Waals surface area contributed by atoms with Crippen LogP contribution < -0.4 is 9.47 Å². The van der Waals surface area contributed by atoms with Crippen molar-refractivity contribution in [3.8, 4) is 11.5 Å². The van der Waals surface area contributed by atoms with Gasteiger partial charge in [0, 0.05) is 0 Å². The molecule has 0 aliphatic carbocycles. The Hall–Kier alpha value is -2.29. The minimum atomic E-state index is -0.395. The molecular formula is C19H22O3. The molecule has 116 valence electrons. The number of rotatable bonds is 5. The summed E-state index contributed by atoms with van der Waals surface area (Å²) in [6.45, 7) is 8.03. The van der Waals surface area contributed by atoms with Gasteiger partial charge in [-0.1, -0.05) is 43.7 Å². The molecule has 2 aromatic rings. The highest BCUT2D eigenvalue weighted by molar-refractivity contribution is 5.74. The van der Waals surface area contributed by atoms with Gasteiger partial charge in [0.2, 0.25) is 0 Å². The van der Waals surface area contributed by atoms with Crippen LogP contribution in [0, 0.1) is 13.8 Å². The topological polar surface area (TPSA) is 35.5 Å². The van der Waals surface area contributed by atoms with Gasteiger partial charge in [0.25, 0.3) is 0 Å². The first-order valence-corrected chi connectivity index (χ1v) is 7.46. The van der Waals surface area contributed by atoms with E-state index in [1.165, 1.54) is 0 Å². The van der Waals surface area contributed by atoms with Crippen molar-refractivity contribution in [2.75, 3.05) is 6.61 Å². The molecule has 0 spiro atoms. The lowest BCUT2D eigenvalue weighted by Gasteiger charge is -2.14. The van der Waals surface area contributed by atoms with Crippen LogP contribution in [0.2, 0.25) is 0 Å². The lowest BCUT2D eigenvalue weighted by atomic mass is 10.0. The number of hydrogen-bond acceptors (Lipinski definition) is 3. The Bertz CT molecular complexity index is 642. The van der Waals surface area contributed by atoms with E-state index in [2.05, 4.69) is 13.8 Å². The third kappa shape index (κ3) is 4.35. The quantitative estimate of drug-likeness (QED) is 0.606. The highest BCUT2D eigenvalue weighted by Crippen LogP contribution is 2.27. The first kappa shape index (κ1) is 16.1. The fraction of sp³-hybridized carbons (Fsp3) is 0.316. The van der Waals surface area contributed by atoms with Gasteiger partial charge in [-0.3, -0.25) is 0 Å². The molecule has 0 amide bonds. The molecule has 2 aromatic carbocycles. The maximum atomic E-state index is 12.0. The number of hydrogen-bond donors (Lipinski definition) is 0.